The van der Waals surface area contributed by atoms with Crippen molar-refractivity contribution in [3.05, 3.63) is 34.9 Å². The molecule has 1 saturated heterocycles. The van der Waals surface area contributed by atoms with E-state index >= 15 is 0 Å². The Morgan fingerprint density at radius 2 is 1.84 bits per heavy atom. The number of phenols is 2. The number of nitrogens with one attached hydrogen (secondary N) is 1. The average molecular weight is 638 g/mol. The lowest BCUT2D eigenvalue weighted by Gasteiger charge is -2.49. The van der Waals surface area contributed by atoms with Gasteiger partial charge in [0.2, 0.25) is 0 Å². The van der Waals surface area contributed by atoms with Crippen molar-refractivity contribution in [3.63, 3.8) is 0 Å². The second-order valence-electron chi connectivity index (χ2n) is 12.9. The first-order valence-electron chi connectivity index (χ1n) is 15.5. The maximum absolute atomic E-state index is 13.0. The molecule has 45 heavy (non-hydrogen) atoms. The van der Waals surface area contributed by atoms with Crippen LogP contribution in [0.15, 0.2) is 18.2 Å². The van der Waals surface area contributed by atoms with Crippen LogP contribution >= 0.6 is 0 Å². The summed E-state index contributed by atoms with van der Waals surface area (Å²) in [6.07, 6.45) is -5.44. The van der Waals surface area contributed by atoms with Crippen molar-refractivity contribution in [1.29, 1.82) is 0 Å². The molecule has 1 amide bonds. The number of aliphatic hydroxyl groups is 2. The lowest BCUT2D eigenvalue weighted by molar-refractivity contribution is -0.226. The Labute approximate surface area is 265 Å². The minimum atomic E-state index is -1.47. The van der Waals surface area contributed by atoms with Crippen molar-refractivity contribution in [3.8, 4) is 11.5 Å². The van der Waals surface area contributed by atoms with Gasteiger partial charge in [0.25, 0.3) is 5.91 Å². The number of fused-ring (bicyclic) bond motifs is 1. The maximum Gasteiger partial charge on any atom is 0.342 e. The lowest BCUT2D eigenvalue weighted by Crippen LogP contribution is -2.59. The van der Waals surface area contributed by atoms with Crippen LogP contribution in [0.5, 0.6) is 11.5 Å². The van der Waals surface area contributed by atoms with Gasteiger partial charge < -0.3 is 49.4 Å². The zero-order valence-electron chi connectivity index (χ0n) is 27.7. The monoisotopic (exact) mass is 637 g/mol. The van der Waals surface area contributed by atoms with Gasteiger partial charge in [-0.1, -0.05) is 26.3 Å². The Bertz CT molecular complexity index is 1220. The summed E-state index contributed by atoms with van der Waals surface area (Å²) in [7, 11) is 2.84. The van der Waals surface area contributed by atoms with E-state index in [9.17, 15) is 30.0 Å². The molecule has 2 aliphatic rings. The summed E-state index contributed by atoms with van der Waals surface area (Å²) >= 11 is 0. The number of ether oxygens (including phenoxy) is 5. The lowest BCUT2D eigenvalue weighted by atomic mass is 9.72. The number of carbonyl (C=O) groups is 2. The number of esters is 1. The highest BCUT2D eigenvalue weighted by molar-refractivity contribution is 5.96. The van der Waals surface area contributed by atoms with Gasteiger partial charge in [0.15, 0.2) is 12.3 Å². The molecule has 1 aromatic carbocycles. The molecule has 9 atom stereocenters. The van der Waals surface area contributed by atoms with Gasteiger partial charge in [0.1, 0.15) is 29.3 Å². The van der Waals surface area contributed by atoms with E-state index in [2.05, 4.69) is 11.9 Å². The SMILES string of the molecule is C=C(C)C[C@H](OC)[C@H](O)C(=O)N[C@@H](OC)[C@@H]1C[C@@H](OCC)C(C)(C)[C@@H](C[C@H](O)[C@@H](C)[C@H]2Cc3c(C)c(O)cc(O)c3C(=O)O2)O1. The molecular weight excluding hydrogens is 586 g/mol. The summed E-state index contributed by atoms with van der Waals surface area (Å²) < 4.78 is 29.2. The quantitative estimate of drug-likeness (QED) is 0.115. The van der Waals surface area contributed by atoms with Crippen LogP contribution in [0.2, 0.25) is 0 Å². The molecule has 0 aliphatic carbocycles. The molecule has 3 rings (SSSR count). The van der Waals surface area contributed by atoms with Crippen molar-refractivity contribution in [2.24, 2.45) is 11.3 Å². The van der Waals surface area contributed by atoms with E-state index in [1.165, 1.54) is 14.2 Å². The second kappa shape index (κ2) is 15.2. The van der Waals surface area contributed by atoms with Gasteiger partial charge in [-0.15, -0.1) is 6.58 Å². The van der Waals surface area contributed by atoms with Crippen LogP contribution in [0.25, 0.3) is 0 Å². The Balaban J connectivity index is 1.79. The first-order valence-corrected chi connectivity index (χ1v) is 15.5. The Hall–Kier alpha value is -2.74. The fourth-order valence-electron chi connectivity index (χ4n) is 6.27. The molecule has 0 saturated carbocycles. The Morgan fingerprint density at radius 1 is 1.18 bits per heavy atom. The summed E-state index contributed by atoms with van der Waals surface area (Å²) in [6, 6.07) is 1.12. The van der Waals surface area contributed by atoms with Crippen LogP contribution in [-0.2, 0) is 34.9 Å². The third-order valence-corrected chi connectivity index (χ3v) is 9.35. The van der Waals surface area contributed by atoms with Crippen molar-refractivity contribution >= 4 is 11.9 Å². The maximum atomic E-state index is 13.0. The highest BCUT2D eigenvalue weighted by Crippen LogP contribution is 2.43. The molecule has 12 heteroatoms. The largest absolute Gasteiger partial charge is 0.508 e. The number of phenolic OH excluding ortho intramolecular Hbond substituents is 2. The number of methoxy groups -OCH3 is 2. The van der Waals surface area contributed by atoms with Gasteiger partial charge in [-0.05, 0) is 38.3 Å². The first kappa shape index (κ1) is 36.7. The smallest absolute Gasteiger partial charge is 0.342 e. The zero-order valence-corrected chi connectivity index (χ0v) is 27.7. The number of hydrogen-bond donors (Lipinski definition) is 5. The zero-order chi connectivity index (χ0) is 33.8. The van der Waals surface area contributed by atoms with Gasteiger partial charge in [-0.2, -0.15) is 0 Å². The predicted molar refractivity (Wildman–Crippen MR) is 165 cm³/mol. The van der Waals surface area contributed by atoms with E-state index in [-0.39, 0.29) is 36.0 Å². The molecular formula is C33H51NO11. The first-order chi connectivity index (χ1) is 21.1. The van der Waals surface area contributed by atoms with Crippen LogP contribution in [-0.4, -0.2) is 102 Å². The van der Waals surface area contributed by atoms with E-state index in [0.717, 1.165) is 11.6 Å². The molecule has 5 N–H and O–H groups in total. The van der Waals surface area contributed by atoms with Crippen molar-refractivity contribution in [1.82, 2.24) is 5.32 Å². The molecule has 12 nitrogen and oxygen atoms in total. The third kappa shape index (κ3) is 8.16. The van der Waals surface area contributed by atoms with Crippen LogP contribution in [0.1, 0.15) is 75.4 Å². The number of aliphatic hydroxyl groups excluding tert-OH is 2. The van der Waals surface area contributed by atoms with Crippen molar-refractivity contribution in [2.75, 3.05) is 20.8 Å². The van der Waals surface area contributed by atoms with E-state index in [1.807, 2.05) is 20.8 Å². The summed E-state index contributed by atoms with van der Waals surface area (Å²) in [5.74, 6) is -2.42. The van der Waals surface area contributed by atoms with Gasteiger partial charge in [0.05, 0.1) is 24.4 Å². The topological polar surface area (TPSA) is 173 Å². The molecule has 0 spiro atoms. The third-order valence-electron chi connectivity index (χ3n) is 9.35. The van der Waals surface area contributed by atoms with E-state index < -0.39 is 66.1 Å². The number of cyclic esters (lactones) is 1. The molecule has 0 bridgehead atoms. The standard InChI is InChI=1S/C33H51NO11/c1-10-43-26-15-25(31(42-9)34-30(39)29(38)24(41-8)11-16(2)3)44-27(33(26,6)7)14-21(36)18(5)23-12-19-17(4)20(35)13-22(37)28(19)32(40)45-23/h13,18,21,23-27,29,31,35-38H,2,10-12,14-15H2,1,3-9H3,(H,34,39)/t18-,21+,23-,24+,25+,26-,27-,29+,31+/m1/s1. The normalized spacial score (nSPS) is 26.1. The van der Waals surface area contributed by atoms with Gasteiger partial charge in [-0.3, -0.25) is 4.79 Å². The molecule has 0 aromatic heterocycles. The fourth-order valence-corrected chi connectivity index (χ4v) is 6.27. The van der Waals surface area contributed by atoms with E-state index in [1.54, 1.807) is 20.8 Å². The number of aromatic hydroxyl groups is 2. The molecule has 1 fully saturated rings. The molecule has 2 aliphatic heterocycles. The number of amides is 1. The fraction of sp³-hybridized carbons (Fsp3) is 0.697. The minimum Gasteiger partial charge on any atom is -0.508 e. The summed E-state index contributed by atoms with van der Waals surface area (Å²) in [6.45, 7) is 15.3. The Morgan fingerprint density at radius 3 is 2.42 bits per heavy atom. The molecule has 254 valence electrons. The highest BCUT2D eigenvalue weighted by atomic mass is 16.6. The average Bonchev–Trinajstić information content (AvgIpc) is 2.98. The van der Waals surface area contributed by atoms with Crippen LogP contribution in [0, 0.1) is 18.3 Å². The molecule has 1 aromatic rings. The van der Waals surface area contributed by atoms with Crippen molar-refractivity contribution < 1.29 is 53.7 Å². The van der Waals surface area contributed by atoms with Gasteiger partial charge in [-0.25, -0.2) is 4.79 Å². The van der Waals surface area contributed by atoms with Crippen molar-refractivity contribution in [2.45, 2.75) is 116 Å². The van der Waals surface area contributed by atoms with Crippen LogP contribution in [0.3, 0.4) is 0 Å². The van der Waals surface area contributed by atoms with E-state index in [0.29, 0.717) is 30.6 Å². The second-order valence-corrected chi connectivity index (χ2v) is 12.9. The van der Waals surface area contributed by atoms with Crippen LogP contribution < -0.4 is 5.32 Å². The van der Waals surface area contributed by atoms with Gasteiger partial charge in [0, 0.05) is 57.5 Å². The number of benzene rings is 1. The number of carbonyl (C=O) groups excluding carboxylic acids is 2. The summed E-state index contributed by atoms with van der Waals surface area (Å²) in [5, 5.41) is 45.4. The van der Waals surface area contributed by atoms with Crippen LogP contribution in [0.4, 0.5) is 0 Å². The molecule has 2 heterocycles. The number of hydrogen-bond acceptors (Lipinski definition) is 11. The summed E-state index contributed by atoms with van der Waals surface area (Å²) in [4.78, 5) is 25.9. The minimum absolute atomic E-state index is 0.0246. The number of rotatable bonds is 14. The Kier molecular flexibility index (Phi) is 12.4. The predicted octanol–water partition coefficient (Wildman–Crippen LogP) is 2.89. The molecule has 0 unspecified atom stereocenters. The highest BCUT2D eigenvalue weighted by Gasteiger charge is 2.49. The summed E-state index contributed by atoms with van der Waals surface area (Å²) in [5.41, 5.74) is 1.17. The molecule has 0 radical (unpaired) electrons. The van der Waals surface area contributed by atoms with Gasteiger partial charge >= 0.3 is 5.97 Å². The van der Waals surface area contributed by atoms with E-state index in [4.69, 9.17) is 23.7 Å².